The van der Waals surface area contributed by atoms with Gasteiger partial charge in [-0.25, -0.2) is 0 Å². The molecule has 1 amide bonds. The van der Waals surface area contributed by atoms with E-state index < -0.39 is 41.7 Å². The number of aliphatic carboxylic acids is 2. The smallest absolute Gasteiger partial charge is 0.303 e. The first-order valence-corrected chi connectivity index (χ1v) is 13.3. The molecule has 1 aliphatic rings. The molecule has 8 N–H and O–H groups in total. The van der Waals surface area contributed by atoms with Crippen molar-refractivity contribution in [1.29, 1.82) is 0 Å². The lowest BCUT2D eigenvalue weighted by Crippen LogP contribution is -2.59. The van der Waals surface area contributed by atoms with Gasteiger partial charge in [-0.1, -0.05) is 36.4 Å². The van der Waals surface area contributed by atoms with Gasteiger partial charge in [0.05, 0.1) is 18.7 Å². The zero-order valence-corrected chi connectivity index (χ0v) is 22.3. The molecular weight excluding hydrogens is 506 g/mol. The van der Waals surface area contributed by atoms with E-state index in [0.717, 1.165) is 11.1 Å². The summed E-state index contributed by atoms with van der Waals surface area (Å²) >= 11 is 0. The molecule has 39 heavy (non-hydrogen) atoms. The zero-order chi connectivity index (χ0) is 29.0. The zero-order valence-electron chi connectivity index (χ0n) is 22.3. The van der Waals surface area contributed by atoms with Crippen molar-refractivity contribution in [3.8, 4) is 0 Å². The van der Waals surface area contributed by atoms with Crippen LogP contribution in [0.2, 0.25) is 0 Å². The number of hydrogen-bond donors (Lipinski definition) is 7. The third kappa shape index (κ3) is 11.3. The minimum absolute atomic E-state index is 0.0678. The summed E-state index contributed by atoms with van der Waals surface area (Å²) in [4.78, 5) is 46.9. The van der Waals surface area contributed by atoms with Gasteiger partial charge in [-0.2, -0.15) is 0 Å². The maximum absolute atomic E-state index is 13.1. The van der Waals surface area contributed by atoms with Crippen LogP contribution in [0.1, 0.15) is 75.3 Å². The minimum Gasteiger partial charge on any atom is -0.481 e. The normalized spacial score (nSPS) is 19.1. The van der Waals surface area contributed by atoms with Crippen molar-refractivity contribution in [3.63, 3.8) is 0 Å². The minimum atomic E-state index is -1.43. The first-order valence-electron chi connectivity index (χ1n) is 13.3. The van der Waals surface area contributed by atoms with Crippen LogP contribution in [0.3, 0.4) is 0 Å². The molecule has 5 atom stereocenters. The number of carboxylic acids is 2. The summed E-state index contributed by atoms with van der Waals surface area (Å²) < 4.78 is 0. The van der Waals surface area contributed by atoms with Crippen molar-refractivity contribution in [2.45, 2.75) is 94.5 Å². The molecule has 0 aromatic heterocycles. The molecule has 1 aromatic carbocycles. The summed E-state index contributed by atoms with van der Waals surface area (Å²) in [5, 5.41) is 43.8. The second-order valence-electron chi connectivity index (χ2n) is 10.5. The lowest BCUT2D eigenvalue weighted by atomic mass is 9.87. The van der Waals surface area contributed by atoms with Gasteiger partial charge in [-0.05, 0) is 50.2 Å². The van der Waals surface area contributed by atoms with Crippen LogP contribution >= 0.6 is 0 Å². The number of allylic oxidation sites excluding steroid dienone is 2. The first-order chi connectivity index (χ1) is 18.4. The number of Topliss-reactive ketones (excluding diaryl/α,β-unsaturated/α-hetero) is 1. The van der Waals surface area contributed by atoms with Crippen molar-refractivity contribution in [3.05, 3.63) is 47.5 Å². The number of ketones is 1. The Morgan fingerprint density at radius 3 is 2.33 bits per heavy atom. The van der Waals surface area contributed by atoms with Gasteiger partial charge < -0.3 is 31.5 Å². The van der Waals surface area contributed by atoms with Crippen molar-refractivity contribution < 1.29 is 39.6 Å². The third-order valence-electron chi connectivity index (χ3n) is 7.02. The summed E-state index contributed by atoms with van der Waals surface area (Å²) in [5.74, 6) is -2.42. The number of aliphatic hydroxyl groups is 2. The maximum Gasteiger partial charge on any atom is 0.303 e. The fourth-order valence-electron chi connectivity index (χ4n) is 4.58. The second kappa shape index (κ2) is 15.5. The molecule has 0 saturated carbocycles. The van der Waals surface area contributed by atoms with Gasteiger partial charge in [-0.15, -0.1) is 0 Å². The highest BCUT2D eigenvalue weighted by Crippen LogP contribution is 2.26. The van der Waals surface area contributed by atoms with E-state index in [2.05, 4.69) is 10.6 Å². The molecule has 216 valence electrons. The van der Waals surface area contributed by atoms with Crippen LogP contribution in [-0.4, -0.2) is 74.5 Å². The summed E-state index contributed by atoms with van der Waals surface area (Å²) in [6.45, 7) is 1.42. The lowest BCUT2D eigenvalue weighted by molar-refractivity contribution is -0.138. The highest BCUT2D eigenvalue weighted by Gasteiger charge is 2.32. The Morgan fingerprint density at radius 2 is 1.77 bits per heavy atom. The predicted octanol–water partition coefficient (Wildman–Crippen LogP) is 1.21. The van der Waals surface area contributed by atoms with Crippen LogP contribution in [0.15, 0.2) is 36.4 Å². The Kier molecular flexibility index (Phi) is 12.7. The fraction of sp³-hybridized carbons (Fsp3) is 0.571. The molecule has 1 aromatic rings. The summed E-state index contributed by atoms with van der Waals surface area (Å²) in [5.41, 5.74) is 6.70. The average Bonchev–Trinajstić information content (AvgIpc) is 2.89. The Morgan fingerprint density at radius 1 is 1.10 bits per heavy atom. The van der Waals surface area contributed by atoms with E-state index >= 15 is 0 Å². The summed E-state index contributed by atoms with van der Waals surface area (Å²) in [7, 11) is 0. The first kappa shape index (κ1) is 32.1. The highest BCUT2D eigenvalue weighted by atomic mass is 16.4. The van der Waals surface area contributed by atoms with Crippen molar-refractivity contribution in [2.24, 2.45) is 5.73 Å². The van der Waals surface area contributed by atoms with Crippen LogP contribution in [-0.2, 0) is 25.6 Å². The molecule has 0 aliphatic heterocycles. The van der Waals surface area contributed by atoms with Gasteiger partial charge >= 0.3 is 11.9 Å². The number of carboxylic acid groups (broad SMARTS) is 2. The molecule has 0 spiro atoms. The second-order valence-corrected chi connectivity index (χ2v) is 10.5. The van der Waals surface area contributed by atoms with Gasteiger partial charge in [0.25, 0.3) is 0 Å². The molecule has 0 saturated heterocycles. The molecule has 11 heteroatoms. The van der Waals surface area contributed by atoms with E-state index in [0.29, 0.717) is 25.7 Å². The molecule has 0 heterocycles. The Balaban J connectivity index is 2.05. The standard InChI is InChI=1S/C28H41N3O8/c1-28(17-32,15-14-18-8-10-19(11-9-18)20-4-2-5-21(33)16-20)31-23(12-13-25(36)37)27(39)30-22(26(29)38)6-3-7-24(34)35/h2,4,8-11,20,22-23,26,31-32,38H,3,5-7,12-17,29H2,1H3,(H,30,39)(H,34,35)(H,36,37). The number of hydrogen-bond acceptors (Lipinski definition) is 8. The molecule has 0 fully saturated rings. The average molecular weight is 548 g/mol. The largest absolute Gasteiger partial charge is 0.481 e. The van der Waals surface area contributed by atoms with Crippen LogP contribution in [0.4, 0.5) is 0 Å². The van der Waals surface area contributed by atoms with E-state index in [9.17, 15) is 34.5 Å². The van der Waals surface area contributed by atoms with Gasteiger partial charge in [0.15, 0.2) is 0 Å². The fourth-order valence-corrected chi connectivity index (χ4v) is 4.58. The van der Waals surface area contributed by atoms with Crippen molar-refractivity contribution in [2.75, 3.05) is 6.61 Å². The maximum atomic E-state index is 13.1. The SMILES string of the molecule is CC(CO)(CCc1ccc(C2C=CCC(=O)C2)cc1)NC(CCC(=O)O)C(=O)NC(CCCC(=O)O)C(N)O. The Labute approximate surface area is 228 Å². The summed E-state index contributed by atoms with van der Waals surface area (Å²) in [6.07, 6.45) is 4.26. The Hall–Kier alpha value is -3.12. The van der Waals surface area contributed by atoms with E-state index in [4.69, 9.17) is 10.8 Å². The van der Waals surface area contributed by atoms with Crippen LogP contribution < -0.4 is 16.4 Å². The van der Waals surface area contributed by atoms with Crippen LogP contribution in [0.5, 0.6) is 0 Å². The molecule has 2 rings (SSSR count). The van der Waals surface area contributed by atoms with Gasteiger partial charge in [-0.3, -0.25) is 24.5 Å². The van der Waals surface area contributed by atoms with Gasteiger partial charge in [0.2, 0.25) is 5.91 Å². The van der Waals surface area contributed by atoms with Gasteiger partial charge in [0, 0.05) is 37.1 Å². The monoisotopic (exact) mass is 547 g/mol. The number of rotatable bonds is 17. The van der Waals surface area contributed by atoms with E-state index in [1.54, 1.807) is 6.92 Å². The van der Waals surface area contributed by atoms with Crippen LogP contribution in [0.25, 0.3) is 0 Å². The quantitative estimate of drug-likeness (QED) is 0.110. The summed E-state index contributed by atoms with van der Waals surface area (Å²) in [6, 6.07) is 5.99. The molecule has 0 radical (unpaired) electrons. The molecule has 11 nitrogen and oxygen atoms in total. The number of nitrogens with one attached hydrogen (secondary N) is 2. The number of amides is 1. The Bertz CT molecular complexity index is 1010. The topological polar surface area (TPSA) is 199 Å². The number of aryl methyl sites for hydroxylation is 1. The molecule has 0 bridgehead atoms. The van der Waals surface area contributed by atoms with Crippen molar-refractivity contribution in [1.82, 2.24) is 10.6 Å². The number of carbonyl (C=O) groups is 4. The van der Waals surface area contributed by atoms with Crippen LogP contribution in [0, 0.1) is 0 Å². The number of nitrogens with two attached hydrogens (primary N) is 1. The molecule has 1 aliphatic carbocycles. The third-order valence-corrected chi connectivity index (χ3v) is 7.02. The number of aliphatic hydroxyl groups excluding tert-OH is 2. The number of benzene rings is 1. The lowest BCUT2D eigenvalue weighted by Gasteiger charge is -2.34. The highest BCUT2D eigenvalue weighted by molar-refractivity contribution is 5.83. The predicted molar refractivity (Wildman–Crippen MR) is 144 cm³/mol. The van der Waals surface area contributed by atoms with Gasteiger partial charge in [0.1, 0.15) is 12.0 Å². The molecule has 5 unspecified atom stereocenters. The molecular formula is C28H41N3O8. The van der Waals surface area contributed by atoms with Crippen molar-refractivity contribution >= 4 is 23.6 Å². The number of carbonyl (C=O) groups excluding carboxylic acids is 2. The van der Waals surface area contributed by atoms with E-state index in [1.165, 1.54) is 0 Å². The van der Waals surface area contributed by atoms with E-state index in [-0.39, 0.29) is 50.4 Å². The van der Waals surface area contributed by atoms with E-state index in [1.807, 2.05) is 36.4 Å².